The summed E-state index contributed by atoms with van der Waals surface area (Å²) in [7, 11) is 0. The summed E-state index contributed by atoms with van der Waals surface area (Å²) in [6, 6.07) is 9.20. The van der Waals surface area contributed by atoms with Crippen molar-refractivity contribution < 1.29 is 13.9 Å². The third-order valence-electron chi connectivity index (χ3n) is 5.65. The van der Waals surface area contributed by atoms with Crippen LogP contribution >= 0.6 is 0 Å². The van der Waals surface area contributed by atoms with Crippen LogP contribution in [0.15, 0.2) is 36.5 Å². The highest BCUT2D eigenvalue weighted by Gasteiger charge is 2.24. The molecule has 1 aromatic heterocycles. The van der Waals surface area contributed by atoms with E-state index in [2.05, 4.69) is 4.98 Å². The van der Waals surface area contributed by atoms with Crippen LogP contribution in [-0.2, 0) is 4.79 Å². The lowest BCUT2D eigenvalue weighted by molar-refractivity contribution is -0.120. The molecule has 3 nitrogen and oxygen atoms in total. The van der Waals surface area contributed by atoms with Crippen LogP contribution in [0.5, 0.6) is 5.88 Å². The van der Waals surface area contributed by atoms with E-state index in [0.717, 1.165) is 42.4 Å². The van der Waals surface area contributed by atoms with Crippen LogP contribution < -0.4 is 4.74 Å². The van der Waals surface area contributed by atoms with Crippen molar-refractivity contribution in [2.45, 2.75) is 63.4 Å². The fourth-order valence-corrected chi connectivity index (χ4v) is 4.15. The molecule has 0 saturated heterocycles. The van der Waals surface area contributed by atoms with Gasteiger partial charge in [0.2, 0.25) is 5.88 Å². The third kappa shape index (κ3) is 3.64. The van der Waals surface area contributed by atoms with Gasteiger partial charge in [0.15, 0.2) is 0 Å². The summed E-state index contributed by atoms with van der Waals surface area (Å²) in [5.41, 5.74) is 2.35. The highest BCUT2D eigenvalue weighted by molar-refractivity contribution is 5.79. The number of halogens is 1. The van der Waals surface area contributed by atoms with E-state index < -0.39 is 0 Å². The van der Waals surface area contributed by atoms with Gasteiger partial charge in [-0.25, -0.2) is 9.37 Å². The van der Waals surface area contributed by atoms with Crippen molar-refractivity contribution in [3.8, 4) is 17.0 Å². The Labute approximate surface area is 153 Å². The first-order chi connectivity index (χ1) is 12.7. The first kappa shape index (κ1) is 17.2. The largest absolute Gasteiger partial charge is 0.474 e. The number of carbonyl (C=O) groups is 1. The molecule has 2 aliphatic rings. The zero-order valence-electron chi connectivity index (χ0n) is 14.9. The number of nitrogens with zero attached hydrogens (tertiary/aromatic N) is 1. The van der Waals surface area contributed by atoms with Crippen molar-refractivity contribution in [1.82, 2.24) is 4.98 Å². The van der Waals surface area contributed by atoms with Crippen LogP contribution in [-0.4, -0.2) is 16.9 Å². The Hall–Kier alpha value is -2.23. The zero-order valence-corrected chi connectivity index (χ0v) is 14.9. The number of benzene rings is 1. The Morgan fingerprint density at radius 1 is 1.04 bits per heavy atom. The SMILES string of the molecule is O=C1CCC(c2ccc(-c3cccnc3OC3CCCC3)cc2F)CC1. The second kappa shape index (κ2) is 7.56. The molecule has 136 valence electrons. The van der Waals surface area contributed by atoms with Gasteiger partial charge in [-0.05, 0) is 73.8 Å². The molecule has 0 radical (unpaired) electrons. The molecule has 0 aliphatic heterocycles. The molecular formula is C22H24FNO2. The van der Waals surface area contributed by atoms with Crippen LogP contribution in [0.1, 0.15) is 62.8 Å². The van der Waals surface area contributed by atoms with Crippen molar-refractivity contribution in [2.24, 2.45) is 0 Å². The molecule has 0 spiro atoms. The van der Waals surface area contributed by atoms with Crippen molar-refractivity contribution in [3.63, 3.8) is 0 Å². The van der Waals surface area contributed by atoms with Gasteiger partial charge in [-0.15, -0.1) is 0 Å². The molecule has 1 aromatic carbocycles. The summed E-state index contributed by atoms with van der Waals surface area (Å²) >= 11 is 0. The quantitative estimate of drug-likeness (QED) is 0.735. The van der Waals surface area contributed by atoms with E-state index in [1.807, 2.05) is 24.3 Å². The highest BCUT2D eigenvalue weighted by atomic mass is 19.1. The van der Waals surface area contributed by atoms with E-state index in [0.29, 0.717) is 24.5 Å². The molecule has 26 heavy (non-hydrogen) atoms. The number of carbonyl (C=O) groups excluding carboxylic acids is 1. The molecular weight excluding hydrogens is 329 g/mol. The summed E-state index contributed by atoms with van der Waals surface area (Å²) in [5, 5.41) is 0. The molecule has 2 aromatic rings. The Morgan fingerprint density at radius 2 is 1.81 bits per heavy atom. The number of Topliss-reactive ketones (excluding diaryl/α,β-unsaturated/α-hetero) is 1. The second-order valence-corrected chi connectivity index (χ2v) is 7.43. The van der Waals surface area contributed by atoms with Crippen LogP contribution in [0.25, 0.3) is 11.1 Å². The van der Waals surface area contributed by atoms with Crippen LogP contribution in [0.3, 0.4) is 0 Å². The van der Waals surface area contributed by atoms with E-state index in [-0.39, 0.29) is 17.8 Å². The molecule has 0 N–H and O–H groups in total. The molecule has 0 bridgehead atoms. The Bertz CT molecular complexity index is 788. The van der Waals surface area contributed by atoms with E-state index in [4.69, 9.17) is 4.74 Å². The summed E-state index contributed by atoms with van der Waals surface area (Å²) in [5.74, 6) is 0.833. The van der Waals surface area contributed by atoms with Crippen molar-refractivity contribution in [2.75, 3.05) is 0 Å². The number of hydrogen-bond donors (Lipinski definition) is 0. The fourth-order valence-electron chi connectivity index (χ4n) is 4.15. The number of aromatic nitrogens is 1. The number of ether oxygens (including phenoxy) is 1. The Morgan fingerprint density at radius 3 is 2.54 bits per heavy atom. The van der Waals surface area contributed by atoms with Gasteiger partial charge in [-0.3, -0.25) is 4.79 Å². The summed E-state index contributed by atoms with van der Waals surface area (Å²) in [6.45, 7) is 0. The van der Waals surface area contributed by atoms with Crippen molar-refractivity contribution >= 4 is 5.78 Å². The minimum atomic E-state index is -0.197. The number of pyridine rings is 1. The first-order valence-corrected chi connectivity index (χ1v) is 9.64. The average molecular weight is 353 g/mol. The lowest BCUT2D eigenvalue weighted by atomic mass is 9.83. The molecule has 2 fully saturated rings. The lowest BCUT2D eigenvalue weighted by Gasteiger charge is -2.22. The van der Waals surface area contributed by atoms with Crippen molar-refractivity contribution in [1.29, 1.82) is 0 Å². The Kier molecular flexibility index (Phi) is 5.00. The maximum absolute atomic E-state index is 14.8. The first-order valence-electron chi connectivity index (χ1n) is 9.64. The van der Waals surface area contributed by atoms with Gasteiger partial charge in [0.05, 0.1) is 0 Å². The van der Waals surface area contributed by atoms with E-state index in [9.17, 15) is 9.18 Å². The Balaban J connectivity index is 1.58. The molecule has 0 amide bonds. The molecule has 2 saturated carbocycles. The van der Waals surface area contributed by atoms with Crippen LogP contribution in [0, 0.1) is 5.82 Å². The smallest absolute Gasteiger partial charge is 0.221 e. The highest BCUT2D eigenvalue weighted by Crippen LogP contribution is 2.36. The standard InChI is InChI=1S/C22H24FNO2/c23-21-14-16(9-12-19(21)15-7-10-17(25)11-8-15)20-6-3-13-24-22(20)26-18-4-1-2-5-18/h3,6,9,12-15,18H,1-2,4-5,7-8,10-11H2. The van der Waals surface area contributed by atoms with Crippen LogP contribution in [0.2, 0.25) is 0 Å². The van der Waals surface area contributed by atoms with Gasteiger partial charge in [-0.2, -0.15) is 0 Å². The predicted octanol–water partition coefficient (Wildman–Crippen LogP) is 5.44. The van der Waals surface area contributed by atoms with Gasteiger partial charge >= 0.3 is 0 Å². The van der Waals surface area contributed by atoms with Gasteiger partial charge in [-0.1, -0.05) is 12.1 Å². The van der Waals surface area contributed by atoms with Gasteiger partial charge in [0.25, 0.3) is 0 Å². The predicted molar refractivity (Wildman–Crippen MR) is 98.7 cm³/mol. The second-order valence-electron chi connectivity index (χ2n) is 7.43. The van der Waals surface area contributed by atoms with Gasteiger partial charge < -0.3 is 4.74 Å². The molecule has 0 atom stereocenters. The van der Waals surface area contributed by atoms with E-state index in [1.165, 1.54) is 12.8 Å². The normalized spacial score (nSPS) is 19.0. The monoisotopic (exact) mass is 353 g/mol. The maximum atomic E-state index is 14.8. The summed E-state index contributed by atoms with van der Waals surface area (Å²) in [4.78, 5) is 15.8. The molecule has 1 heterocycles. The maximum Gasteiger partial charge on any atom is 0.221 e. The van der Waals surface area contributed by atoms with Gasteiger partial charge in [0.1, 0.15) is 17.7 Å². The number of ketones is 1. The fraction of sp³-hybridized carbons (Fsp3) is 0.455. The summed E-state index contributed by atoms with van der Waals surface area (Å²) < 4.78 is 20.9. The minimum absolute atomic E-state index is 0.143. The minimum Gasteiger partial charge on any atom is -0.474 e. The topological polar surface area (TPSA) is 39.2 Å². The van der Waals surface area contributed by atoms with E-state index >= 15 is 0 Å². The van der Waals surface area contributed by atoms with E-state index in [1.54, 1.807) is 12.3 Å². The molecule has 0 unspecified atom stereocenters. The van der Waals surface area contributed by atoms with Crippen molar-refractivity contribution in [3.05, 3.63) is 47.9 Å². The molecule has 4 heteroatoms. The molecule has 2 aliphatic carbocycles. The number of hydrogen-bond acceptors (Lipinski definition) is 3. The molecule has 4 rings (SSSR count). The average Bonchev–Trinajstić information content (AvgIpc) is 3.16. The van der Waals surface area contributed by atoms with Gasteiger partial charge in [0, 0.05) is 24.6 Å². The van der Waals surface area contributed by atoms with Crippen LogP contribution in [0.4, 0.5) is 4.39 Å². The number of rotatable bonds is 4. The summed E-state index contributed by atoms with van der Waals surface area (Å²) in [6.07, 6.45) is 9.07. The lowest BCUT2D eigenvalue weighted by Crippen LogP contribution is -2.14. The zero-order chi connectivity index (χ0) is 17.9. The third-order valence-corrected chi connectivity index (χ3v) is 5.65.